The van der Waals surface area contributed by atoms with E-state index < -0.39 is 0 Å². The average Bonchev–Trinajstić information content (AvgIpc) is 2.78. The number of rotatable bonds is 4. The van der Waals surface area contributed by atoms with Gasteiger partial charge in [0.1, 0.15) is 0 Å². The van der Waals surface area contributed by atoms with E-state index in [4.69, 9.17) is 0 Å². The molecule has 1 fully saturated rings. The zero-order valence-corrected chi connectivity index (χ0v) is 11.8. The fraction of sp³-hybridized carbons (Fsp3) is 0.714. The summed E-state index contributed by atoms with van der Waals surface area (Å²) in [5.74, 6) is 0.761. The second kappa shape index (κ2) is 6.53. The van der Waals surface area contributed by atoms with Gasteiger partial charge in [-0.15, -0.1) is 0 Å². The SMILES string of the molecule is CCNCC1CCCCN(C)C1c1ccsc1. The Morgan fingerprint density at radius 3 is 3.06 bits per heavy atom. The summed E-state index contributed by atoms with van der Waals surface area (Å²) in [5, 5.41) is 8.07. The van der Waals surface area contributed by atoms with E-state index in [0.29, 0.717) is 6.04 Å². The Bertz CT molecular complexity index is 310. The highest BCUT2D eigenvalue weighted by Crippen LogP contribution is 2.34. The second-order valence-corrected chi connectivity index (χ2v) is 5.83. The first-order valence-electron chi connectivity index (χ1n) is 6.76. The fourth-order valence-electron chi connectivity index (χ4n) is 2.94. The molecular weight excluding hydrogens is 228 g/mol. The lowest BCUT2D eigenvalue weighted by molar-refractivity contribution is 0.190. The number of hydrogen-bond donors (Lipinski definition) is 1. The summed E-state index contributed by atoms with van der Waals surface area (Å²) in [6, 6.07) is 2.92. The van der Waals surface area contributed by atoms with Crippen molar-refractivity contribution in [3.05, 3.63) is 22.4 Å². The minimum Gasteiger partial charge on any atom is -0.317 e. The molecule has 96 valence electrons. The first kappa shape index (κ1) is 13.1. The van der Waals surface area contributed by atoms with Crippen LogP contribution in [-0.4, -0.2) is 31.6 Å². The zero-order chi connectivity index (χ0) is 12.1. The van der Waals surface area contributed by atoms with Gasteiger partial charge in [-0.2, -0.15) is 11.3 Å². The number of nitrogens with one attached hydrogen (secondary N) is 1. The third-order valence-electron chi connectivity index (χ3n) is 3.80. The van der Waals surface area contributed by atoms with Crippen LogP contribution in [0.15, 0.2) is 16.8 Å². The van der Waals surface area contributed by atoms with Crippen LogP contribution in [0.5, 0.6) is 0 Å². The number of hydrogen-bond acceptors (Lipinski definition) is 3. The van der Waals surface area contributed by atoms with Gasteiger partial charge in [-0.05, 0) is 67.8 Å². The largest absolute Gasteiger partial charge is 0.317 e. The molecule has 0 bridgehead atoms. The molecule has 1 aromatic heterocycles. The quantitative estimate of drug-likeness (QED) is 0.885. The van der Waals surface area contributed by atoms with Crippen molar-refractivity contribution in [1.29, 1.82) is 0 Å². The number of likely N-dealkylation sites (tertiary alicyclic amines) is 1. The Hall–Kier alpha value is -0.380. The summed E-state index contributed by atoms with van der Waals surface area (Å²) in [6.07, 6.45) is 4.08. The Kier molecular flexibility index (Phi) is 5.01. The van der Waals surface area contributed by atoms with Crippen molar-refractivity contribution < 1.29 is 0 Å². The maximum absolute atomic E-state index is 3.53. The molecule has 0 saturated carbocycles. The van der Waals surface area contributed by atoms with Crippen LogP contribution in [-0.2, 0) is 0 Å². The van der Waals surface area contributed by atoms with Gasteiger partial charge in [0.15, 0.2) is 0 Å². The Labute approximate surface area is 109 Å². The lowest BCUT2D eigenvalue weighted by atomic mass is 9.90. The van der Waals surface area contributed by atoms with E-state index >= 15 is 0 Å². The lowest BCUT2D eigenvalue weighted by Crippen LogP contribution is -2.34. The van der Waals surface area contributed by atoms with E-state index in [1.165, 1.54) is 31.4 Å². The highest BCUT2D eigenvalue weighted by atomic mass is 32.1. The van der Waals surface area contributed by atoms with Crippen molar-refractivity contribution in [3.63, 3.8) is 0 Å². The normalized spacial score (nSPS) is 26.9. The molecule has 1 aliphatic rings. The van der Waals surface area contributed by atoms with Gasteiger partial charge in [-0.25, -0.2) is 0 Å². The highest BCUT2D eigenvalue weighted by molar-refractivity contribution is 7.07. The molecule has 0 aromatic carbocycles. The van der Waals surface area contributed by atoms with Crippen LogP contribution in [0.1, 0.15) is 37.8 Å². The highest BCUT2D eigenvalue weighted by Gasteiger charge is 2.28. The molecule has 0 radical (unpaired) electrons. The van der Waals surface area contributed by atoms with Crippen LogP contribution in [0.3, 0.4) is 0 Å². The van der Waals surface area contributed by atoms with Crippen molar-refractivity contribution in [3.8, 4) is 0 Å². The lowest BCUT2D eigenvalue weighted by Gasteiger charge is -2.32. The molecule has 2 heterocycles. The maximum atomic E-state index is 3.53. The second-order valence-electron chi connectivity index (χ2n) is 5.05. The molecule has 2 rings (SSSR count). The van der Waals surface area contributed by atoms with Crippen molar-refractivity contribution >= 4 is 11.3 Å². The zero-order valence-electron chi connectivity index (χ0n) is 11.0. The Morgan fingerprint density at radius 2 is 2.35 bits per heavy atom. The van der Waals surface area contributed by atoms with Crippen LogP contribution < -0.4 is 5.32 Å². The van der Waals surface area contributed by atoms with E-state index in [2.05, 4.69) is 41.0 Å². The molecule has 1 saturated heterocycles. The summed E-state index contributed by atoms with van der Waals surface area (Å²) in [7, 11) is 2.28. The summed E-state index contributed by atoms with van der Waals surface area (Å²) >= 11 is 1.82. The molecule has 1 aromatic rings. The minimum atomic E-state index is 0.614. The van der Waals surface area contributed by atoms with E-state index in [1.807, 2.05) is 11.3 Å². The standard InChI is InChI=1S/C14H24N2S/c1-3-15-10-12-6-4-5-8-16(2)14(12)13-7-9-17-11-13/h7,9,11-12,14-15H,3-6,8,10H2,1-2H3. The monoisotopic (exact) mass is 252 g/mol. The van der Waals surface area contributed by atoms with E-state index in [9.17, 15) is 0 Å². The third-order valence-corrected chi connectivity index (χ3v) is 4.50. The van der Waals surface area contributed by atoms with Gasteiger partial charge < -0.3 is 5.32 Å². The third kappa shape index (κ3) is 3.30. The van der Waals surface area contributed by atoms with Crippen LogP contribution in [0.2, 0.25) is 0 Å². The molecule has 2 nitrogen and oxygen atoms in total. The van der Waals surface area contributed by atoms with E-state index in [0.717, 1.165) is 19.0 Å². The molecule has 3 heteroatoms. The molecule has 17 heavy (non-hydrogen) atoms. The summed E-state index contributed by atoms with van der Waals surface area (Å²) < 4.78 is 0. The molecule has 0 aliphatic carbocycles. The molecular formula is C14H24N2S. The smallest absolute Gasteiger partial charge is 0.0393 e. The Balaban J connectivity index is 2.13. The van der Waals surface area contributed by atoms with Gasteiger partial charge in [0.05, 0.1) is 0 Å². The average molecular weight is 252 g/mol. The van der Waals surface area contributed by atoms with Crippen molar-refractivity contribution in [1.82, 2.24) is 10.2 Å². The number of nitrogens with zero attached hydrogens (tertiary/aromatic N) is 1. The summed E-state index contributed by atoms with van der Waals surface area (Å²) in [4.78, 5) is 2.55. The van der Waals surface area contributed by atoms with Crippen molar-refractivity contribution in [2.75, 3.05) is 26.7 Å². The molecule has 1 aliphatic heterocycles. The van der Waals surface area contributed by atoms with Gasteiger partial charge in [0.25, 0.3) is 0 Å². The maximum Gasteiger partial charge on any atom is 0.0393 e. The molecule has 0 amide bonds. The van der Waals surface area contributed by atoms with E-state index in [1.54, 1.807) is 0 Å². The first-order valence-corrected chi connectivity index (χ1v) is 7.70. The topological polar surface area (TPSA) is 15.3 Å². The Morgan fingerprint density at radius 1 is 1.47 bits per heavy atom. The van der Waals surface area contributed by atoms with Gasteiger partial charge >= 0.3 is 0 Å². The van der Waals surface area contributed by atoms with Crippen LogP contribution in [0.4, 0.5) is 0 Å². The van der Waals surface area contributed by atoms with Crippen molar-refractivity contribution in [2.45, 2.75) is 32.2 Å². The predicted octanol–water partition coefficient (Wildman–Crippen LogP) is 3.13. The van der Waals surface area contributed by atoms with Gasteiger partial charge in [-0.3, -0.25) is 4.90 Å². The van der Waals surface area contributed by atoms with E-state index in [-0.39, 0.29) is 0 Å². The first-order chi connectivity index (χ1) is 8.33. The molecule has 2 atom stereocenters. The summed E-state index contributed by atoms with van der Waals surface area (Å²) in [6.45, 7) is 5.67. The van der Waals surface area contributed by atoms with Gasteiger partial charge in [0, 0.05) is 6.04 Å². The summed E-state index contributed by atoms with van der Waals surface area (Å²) in [5.41, 5.74) is 1.52. The van der Waals surface area contributed by atoms with Gasteiger partial charge in [0.2, 0.25) is 0 Å². The minimum absolute atomic E-state index is 0.614. The molecule has 0 spiro atoms. The van der Waals surface area contributed by atoms with Crippen molar-refractivity contribution in [2.24, 2.45) is 5.92 Å². The van der Waals surface area contributed by atoms with Crippen LogP contribution >= 0.6 is 11.3 Å². The molecule has 2 unspecified atom stereocenters. The van der Waals surface area contributed by atoms with Crippen LogP contribution in [0.25, 0.3) is 0 Å². The molecule has 1 N–H and O–H groups in total. The van der Waals surface area contributed by atoms with Gasteiger partial charge in [-0.1, -0.05) is 13.3 Å². The number of thiophene rings is 1. The fourth-order valence-corrected chi connectivity index (χ4v) is 3.63. The predicted molar refractivity (Wildman–Crippen MR) is 75.6 cm³/mol. The van der Waals surface area contributed by atoms with Crippen LogP contribution in [0, 0.1) is 5.92 Å².